The van der Waals surface area contributed by atoms with E-state index in [0.717, 1.165) is 31.1 Å². The largest absolute Gasteiger partial charge is 0.490 e. The van der Waals surface area contributed by atoms with Crippen molar-refractivity contribution in [3.63, 3.8) is 0 Å². The molecule has 0 bridgehead atoms. The maximum Gasteiger partial charge on any atom is 0.258 e. The van der Waals surface area contributed by atoms with Crippen LogP contribution in [0.2, 0.25) is 0 Å². The molecule has 4 atom stereocenters. The van der Waals surface area contributed by atoms with Crippen LogP contribution >= 0.6 is 0 Å². The SMILES string of the molecule is C[C@@H]1CCCCO[C@@H](CN(C)S(C)(=O)=O)[C@@H](C)CN([C@@H](C)CO)C(=O)c2cc(NC(=O)Cc3ccccc3)ccc2O1. The van der Waals surface area contributed by atoms with Crippen molar-refractivity contribution >= 4 is 27.5 Å². The van der Waals surface area contributed by atoms with Crippen LogP contribution in [0.25, 0.3) is 0 Å². The molecular weight excluding hydrogens is 558 g/mol. The van der Waals surface area contributed by atoms with Crippen LogP contribution in [0, 0.1) is 5.92 Å². The molecule has 0 unspecified atom stereocenters. The number of hydrogen-bond acceptors (Lipinski definition) is 7. The minimum Gasteiger partial charge on any atom is -0.490 e. The summed E-state index contributed by atoms with van der Waals surface area (Å²) < 4.78 is 38.0. The number of fused-ring (bicyclic) bond motifs is 1. The van der Waals surface area contributed by atoms with Crippen molar-refractivity contribution in [3.05, 3.63) is 59.7 Å². The van der Waals surface area contributed by atoms with Crippen molar-refractivity contribution in [3.8, 4) is 5.75 Å². The number of rotatable bonds is 8. The molecule has 232 valence electrons. The van der Waals surface area contributed by atoms with Crippen LogP contribution in [0.4, 0.5) is 5.69 Å². The third kappa shape index (κ3) is 9.79. The van der Waals surface area contributed by atoms with E-state index < -0.39 is 22.2 Å². The summed E-state index contributed by atoms with van der Waals surface area (Å²) in [7, 11) is -1.92. The lowest BCUT2D eigenvalue weighted by Crippen LogP contribution is -2.47. The molecule has 3 rings (SSSR count). The van der Waals surface area contributed by atoms with Gasteiger partial charge in [-0.2, -0.15) is 0 Å². The van der Waals surface area contributed by atoms with Gasteiger partial charge in [0, 0.05) is 38.3 Å². The van der Waals surface area contributed by atoms with E-state index in [1.165, 1.54) is 11.4 Å². The molecule has 0 aliphatic carbocycles. The van der Waals surface area contributed by atoms with Crippen molar-refractivity contribution in [1.82, 2.24) is 9.21 Å². The van der Waals surface area contributed by atoms with Crippen molar-refractivity contribution in [2.45, 2.75) is 64.7 Å². The van der Waals surface area contributed by atoms with E-state index in [1.807, 2.05) is 44.2 Å². The first-order valence-corrected chi connectivity index (χ1v) is 16.3. The van der Waals surface area contributed by atoms with Gasteiger partial charge in [-0.3, -0.25) is 9.59 Å². The first kappa shape index (κ1) is 33.5. The molecule has 1 heterocycles. The zero-order chi connectivity index (χ0) is 30.9. The minimum absolute atomic E-state index is 0.142. The second-order valence-electron chi connectivity index (χ2n) is 11.3. The highest BCUT2D eigenvalue weighted by atomic mass is 32.2. The Morgan fingerprint density at radius 2 is 1.88 bits per heavy atom. The summed E-state index contributed by atoms with van der Waals surface area (Å²) in [5.74, 6) is -0.435. The Hall–Kier alpha value is -2.99. The Bertz CT molecular complexity index is 1290. The molecule has 0 radical (unpaired) electrons. The summed E-state index contributed by atoms with van der Waals surface area (Å²) in [4.78, 5) is 28.5. The lowest BCUT2D eigenvalue weighted by molar-refractivity contribution is -0.115. The van der Waals surface area contributed by atoms with E-state index >= 15 is 0 Å². The Morgan fingerprint density at radius 1 is 1.17 bits per heavy atom. The highest BCUT2D eigenvalue weighted by molar-refractivity contribution is 7.88. The molecule has 0 spiro atoms. The van der Waals surface area contributed by atoms with Gasteiger partial charge in [0.2, 0.25) is 15.9 Å². The second-order valence-corrected chi connectivity index (χ2v) is 13.4. The van der Waals surface area contributed by atoms with Gasteiger partial charge in [0.1, 0.15) is 5.75 Å². The van der Waals surface area contributed by atoms with Gasteiger partial charge in [-0.1, -0.05) is 37.3 Å². The number of carbonyl (C=O) groups excluding carboxylic acids is 2. The molecule has 1 aliphatic heterocycles. The smallest absolute Gasteiger partial charge is 0.258 e. The summed E-state index contributed by atoms with van der Waals surface area (Å²) in [6, 6.07) is 13.9. The number of nitrogens with zero attached hydrogens (tertiary/aromatic N) is 2. The molecule has 0 saturated carbocycles. The lowest BCUT2D eigenvalue weighted by Gasteiger charge is -2.35. The molecule has 2 aromatic rings. The number of aliphatic hydroxyl groups excluding tert-OH is 1. The van der Waals surface area contributed by atoms with E-state index in [9.17, 15) is 23.1 Å². The van der Waals surface area contributed by atoms with Gasteiger partial charge < -0.3 is 24.8 Å². The number of nitrogens with one attached hydrogen (secondary N) is 1. The van der Waals surface area contributed by atoms with Crippen LogP contribution in [0.1, 0.15) is 56.0 Å². The molecule has 11 heteroatoms. The molecule has 42 heavy (non-hydrogen) atoms. The van der Waals surface area contributed by atoms with Crippen LogP contribution < -0.4 is 10.1 Å². The highest BCUT2D eigenvalue weighted by Crippen LogP contribution is 2.28. The molecule has 0 saturated heterocycles. The quantitative estimate of drug-likeness (QED) is 0.473. The fraction of sp³-hybridized carbons (Fsp3) is 0.548. The number of ether oxygens (including phenoxy) is 2. The average Bonchev–Trinajstić information content (AvgIpc) is 2.94. The first-order valence-electron chi connectivity index (χ1n) is 14.5. The summed E-state index contributed by atoms with van der Waals surface area (Å²) in [5, 5.41) is 13.0. The van der Waals surface area contributed by atoms with Gasteiger partial charge in [0.05, 0.1) is 43.1 Å². The van der Waals surface area contributed by atoms with Crippen molar-refractivity contribution in [2.24, 2.45) is 5.92 Å². The minimum atomic E-state index is -3.43. The first-order chi connectivity index (χ1) is 19.9. The van der Waals surface area contributed by atoms with Gasteiger partial charge in [-0.15, -0.1) is 0 Å². The molecule has 2 amide bonds. The van der Waals surface area contributed by atoms with E-state index in [0.29, 0.717) is 18.0 Å². The van der Waals surface area contributed by atoms with E-state index in [4.69, 9.17) is 9.47 Å². The number of anilines is 1. The van der Waals surface area contributed by atoms with Gasteiger partial charge in [-0.05, 0) is 56.9 Å². The molecule has 2 aromatic carbocycles. The Labute approximate surface area is 250 Å². The summed E-state index contributed by atoms with van der Waals surface area (Å²) in [5.41, 5.74) is 1.60. The Kier molecular flexibility index (Phi) is 12.3. The van der Waals surface area contributed by atoms with Crippen molar-refractivity contribution < 1.29 is 32.6 Å². The number of carbonyl (C=O) groups is 2. The third-order valence-corrected chi connectivity index (χ3v) is 8.83. The number of hydrogen-bond donors (Lipinski definition) is 2. The third-order valence-electron chi connectivity index (χ3n) is 7.55. The predicted octanol–water partition coefficient (Wildman–Crippen LogP) is 3.55. The van der Waals surface area contributed by atoms with Crippen LogP contribution in [0.5, 0.6) is 5.75 Å². The molecule has 10 nitrogen and oxygen atoms in total. The van der Waals surface area contributed by atoms with Crippen molar-refractivity contribution in [2.75, 3.05) is 44.9 Å². The van der Waals surface area contributed by atoms with Crippen LogP contribution in [-0.4, -0.2) is 92.4 Å². The number of likely N-dealkylation sites (N-methyl/N-ethyl adjacent to an activating group) is 1. The zero-order valence-corrected chi connectivity index (χ0v) is 26.1. The second kappa shape index (κ2) is 15.5. The zero-order valence-electron chi connectivity index (χ0n) is 25.3. The number of amides is 2. The van der Waals surface area contributed by atoms with E-state index in [2.05, 4.69) is 5.32 Å². The fourth-order valence-corrected chi connectivity index (χ4v) is 5.26. The van der Waals surface area contributed by atoms with Gasteiger partial charge >= 0.3 is 0 Å². The maximum atomic E-state index is 14.2. The van der Waals surface area contributed by atoms with Gasteiger partial charge in [0.25, 0.3) is 5.91 Å². The molecule has 0 fully saturated rings. The van der Waals surface area contributed by atoms with Crippen LogP contribution in [-0.2, 0) is 26.0 Å². The predicted molar refractivity (Wildman–Crippen MR) is 163 cm³/mol. The highest BCUT2D eigenvalue weighted by Gasteiger charge is 2.31. The fourth-order valence-electron chi connectivity index (χ4n) is 4.84. The summed E-state index contributed by atoms with van der Waals surface area (Å²) >= 11 is 0. The number of aliphatic hydroxyl groups is 1. The number of benzene rings is 2. The van der Waals surface area contributed by atoms with Gasteiger partial charge in [-0.25, -0.2) is 12.7 Å². The molecule has 0 aromatic heterocycles. The molecular formula is C31H45N3O7S. The van der Waals surface area contributed by atoms with Crippen molar-refractivity contribution in [1.29, 1.82) is 0 Å². The normalized spacial score (nSPS) is 21.6. The average molecular weight is 604 g/mol. The van der Waals surface area contributed by atoms with Crippen LogP contribution in [0.3, 0.4) is 0 Å². The summed E-state index contributed by atoms with van der Waals surface area (Å²) in [6.45, 7) is 6.14. The number of sulfonamides is 1. The van der Waals surface area contributed by atoms with Crippen LogP contribution in [0.15, 0.2) is 48.5 Å². The Balaban J connectivity index is 1.95. The van der Waals surface area contributed by atoms with E-state index in [-0.39, 0.29) is 55.5 Å². The maximum absolute atomic E-state index is 14.2. The lowest BCUT2D eigenvalue weighted by atomic mass is 10.0. The van der Waals surface area contributed by atoms with Gasteiger partial charge in [0.15, 0.2) is 0 Å². The molecule has 1 aliphatic rings. The monoisotopic (exact) mass is 603 g/mol. The standard InChI is InChI=1S/C31H45N3O7S/c1-22-19-34(23(2)21-35)31(37)27-18-26(32-30(36)17-25-12-7-6-8-13-25)14-15-28(27)41-24(3)11-9-10-16-40-29(22)20-33(4)42(5,38)39/h6-8,12-15,18,22-24,29,35H,9-11,16-17,19-21H2,1-5H3,(H,32,36)/t22-,23-,24+,29-/m0/s1. The molecule has 2 N–H and O–H groups in total. The topological polar surface area (TPSA) is 125 Å². The van der Waals surface area contributed by atoms with E-state index in [1.54, 1.807) is 30.0 Å². The summed E-state index contributed by atoms with van der Waals surface area (Å²) in [6.07, 6.45) is 3.02. The Morgan fingerprint density at radius 3 is 2.55 bits per heavy atom.